The van der Waals surface area contributed by atoms with Crippen molar-refractivity contribution in [3.63, 3.8) is 0 Å². The first-order valence-electron chi connectivity index (χ1n) is 11.3. The second-order valence-electron chi connectivity index (χ2n) is 9.49. The van der Waals surface area contributed by atoms with Gasteiger partial charge in [0.2, 0.25) is 0 Å². The van der Waals surface area contributed by atoms with Crippen LogP contribution in [0.3, 0.4) is 0 Å². The van der Waals surface area contributed by atoms with E-state index in [4.69, 9.17) is 4.74 Å². The molecule has 2 aromatic carbocycles. The average molecular weight is 448 g/mol. The van der Waals surface area contributed by atoms with Crippen LogP contribution in [0.2, 0.25) is 0 Å². The molecule has 1 N–H and O–H groups in total. The summed E-state index contributed by atoms with van der Waals surface area (Å²) in [5.41, 5.74) is 2.40. The van der Waals surface area contributed by atoms with Gasteiger partial charge in [-0.25, -0.2) is 4.98 Å². The van der Waals surface area contributed by atoms with Crippen molar-refractivity contribution in [2.75, 3.05) is 11.9 Å². The molecule has 1 fully saturated rings. The largest absolute Gasteiger partial charge is 0.456 e. The maximum atomic E-state index is 12.9. The number of benzene rings is 2. The molecule has 0 saturated heterocycles. The summed E-state index contributed by atoms with van der Waals surface area (Å²) < 4.78 is 6.86. The number of aromatic nitrogens is 2. The smallest absolute Gasteiger partial charge is 0.306 e. The number of carbonyl (C=O) groups excluding carboxylic acids is 2. The Kier molecular flexibility index (Phi) is 6.31. The van der Waals surface area contributed by atoms with Gasteiger partial charge in [0, 0.05) is 18.2 Å². The summed E-state index contributed by atoms with van der Waals surface area (Å²) in [4.78, 5) is 41.9. The Morgan fingerprint density at radius 1 is 1.09 bits per heavy atom. The zero-order valence-corrected chi connectivity index (χ0v) is 19.3. The molecular weight excluding hydrogens is 418 g/mol. The average Bonchev–Trinajstić information content (AvgIpc) is 3.61. The van der Waals surface area contributed by atoms with E-state index >= 15 is 0 Å². The summed E-state index contributed by atoms with van der Waals surface area (Å²) >= 11 is 0. The number of rotatable bonds is 7. The van der Waals surface area contributed by atoms with Crippen LogP contribution in [0, 0.1) is 0 Å². The van der Waals surface area contributed by atoms with Gasteiger partial charge in [0.05, 0.1) is 17.3 Å². The molecule has 7 heteroatoms. The normalized spacial score (nSPS) is 13.7. The fourth-order valence-corrected chi connectivity index (χ4v) is 3.76. The molecule has 7 nitrogen and oxygen atoms in total. The van der Waals surface area contributed by atoms with Crippen molar-refractivity contribution in [1.82, 2.24) is 9.55 Å². The minimum atomic E-state index is -0.502. The van der Waals surface area contributed by atoms with E-state index in [9.17, 15) is 14.4 Å². The SMILES string of the molecule is CC(C)(C)c1ccc(NC(=O)COC(=O)CCc2nc3ccccc3c(=O)n2C2CC2)cc1. The van der Waals surface area contributed by atoms with Crippen molar-refractivity contribution in [2.45, 2.75) is 57.9 Å². The number of nitrogens with zero attached hydrogens (tertiary/aromatic N) is 2. The van der Waals surface area contributed by atoms with E-state index in [2.05, 4.69) is 31.1 Å². The molecule has 0 atom stereocenters. The Labute approximate surface area is 192 Å². The Balaban J connectivity index is 1.33. The maximum Gasteiger partial charge on any atom is 0.306 e. The van der Waals surface area contributed by atoms with Crippen molar-refractivity contribution < 1.29 is 14.3 Å². The quantitative estimate of drug-likeness (QED) is 0.550. The molecule has 1 amide bonds. The Morgan fingerprint density at radius 3 is 2.45 bits per heavy atom. The zero-order chi connectivity index (χ0) is 23.6. The van der Waals surface area contributed by atoms with Crippen molar-refractivity contribution in [3.05, 3.63) is 70.3 Å². The Bertz CT molecular complexity index is 1240. The summed E-state index contributed by atoms with van der Waals surface area (Å²) in [6.45, 7) is 6.01. The number of amides is 1. The van der Waals surface area contributed by atoms with Crippen LogP contribution in [0.25, 0.3) is 10.9 Å². The summed E-state index contributed by atoms with van der Waals surface area (Å²) in [5, 5.41) is 3.32. The minimum Gasteiger partial charge on any atom is -0.456 e. The monoisotopic (exact) mass is 447 g/mol. The highest BCUT2D eigenvalue weighted by Crippen LogP contribution is 2.35. The van der Waals surface area contributed by atoms with Gasteiger partial charge in [0.1, 0.15) is 5.82 Å². The number of nitrogens with one attached hydrogen (secondary N) is 1. The Morgan fingerprint density at radius 2 is 1.79 bits per heavy atom. The molecule has 0 spiro atoms. The summed E-state index contributed by atoms with van der Waals surface area (Å²) in [6.07, 6.45) is 2.21. The topological polar surface area (TPSA) is 90.3 Å². The van der Waals surface area contributed by atoms with Crippen LogP contribution in [0.15, 0.2) is 53.3 Å². The lowest BCUT2D eigenvalue weighted by molar-refractivity contribution is -0.147. The van der Waals surface area contributed by atoms with Crippen LogP contribution in [0.5, 0.6) is 0 Å². The number of hydrogen-bond donors (Lipinski definition) is 1. The third-order valence-electron chi connectivity index (χ3n) is 5.74. The molecule has 1 aliphatic carbocycles. The first-order valence-corrected chi connectivity index (χ1v) is 11.3. The molecule has 1 aliphatic rings. The van der Waals surface area contributed by atoms with Gasteiger partial charge in [-0.05, 0) is 48.1 Å². The molecule has 1 saturated carbocycles. The highest BCUT2D eigenvalue weighted by atomic mass is 16.5. The molecule has 0 radical (unpaired) electrons. The molecule has 3 aromatic rings. The number of hydrogen-bond acceptors (Lipinski definition) is 5. The third kappa shape index (κ3) is 5.48. The molecule has 33 heavy (non-hydrogen) atoms. The summed E-state index contributed by atoms with van der Waals surface area (Å²) in [7, 11) is 0. The standard InChI is InChI=1S/C26H29N3O4/c1-26(2,3)17-8-10-18(11-9-17)27-23(30)16-33-24(31)15-14-22-28-21-7-5-4-6-20(21)25(32)29(22)19-12-13-19/h4-11,19H,12-16H2,1-3H3,(H,27,30). The van der Waals surface area contributed by atoms with Crippen molar-refractivity contribution in [2.24, 2.45) is 0 Å². The lowest BCUT2D eigenvalue weighted by Gasteiger charge is -2.19. The van der Waals surface area contributed by atoms with Crippen molar-refractivity contribution >= 4 is 28.5 Å². The number of carbonyl (C=O) groups is 2. The van der Waals surface area contributed by atoms with E-state index < -0.39 is 11.9 Å². The van der Waals surface area contributed by atoms with E-state index in [1.807, 2.05) is 36.4 Å². The van der Waals surface area contributed by atoms with Gasteiger partial charge in [-0.15, -0.1) is 0 Å². The van der Waals surface area contributed by atoms with E-state index in [1.165, 1.54) is 5.56 Å². The highest BCUT2D eigenvalue weighted by Gasteiger charge is 2.28. The van der Waals surface area contributed by atoms with Crippen LogP contribution >= 0.6 is 0 Å². The fraction of sp³-hybridized carbons (Fsp3) is 0.385. The third-order valence-corrected chi connectivity index (χ3v) is 5.74. The second kappa shape index (κ2) is 9.17. The molecular formula is C26H29N3O4. The molecule has 172 valence electrons. The first kappa shape index (κ1) is 22.7. The molecule has 0 unspecified atom stereocenters. The van der Waals surface area contributed by atoms with E-state index in [0.717, 1.165) is 12.8 Å². The first-order chi connectivity index (χ1) is 15.7. The molecule has 0 aliphatic heterocycles. The van der Waals surface area contributed by atoms with Gasteiger partial charge in [-0.3, -0.25) is 19.0 Å². The fourth-order valence-electron chi connectivity index (χ4n) is 3.76. The van der Waals surface area contributed by atoms with Gasteiger partial charge in [-0.1, -0.05) is 45.0 Å². The lowest BCUT2D eigenvalue weighted by atomic mass is 9.87. The van der Waals surface area contributed by atoms with Gasteiger partial charge in [0.25, 0.3) is 11.5 Å². The van der Waals surface area contributed by atoms with Crippen molar-refractivity contribution in [3.8, 4) is 0 Å². The number of anilines is 1. The van der Waals surface area contributed by atoms with Crippen LogP contribution < -0.4 is 10.9 Å². The number of ether oxygens (including phenoxy) is 1. The number of para-hydroxylation sites is 1. The highest BCUT2D eigenvalue weighted by molar-refractivity contribution is 5.92. The van der Waals surface area contributed by atoms with E-state index in [-0.39, 0.29) is 36.5 Å². The van der Waals surface area contributed by atoms with Gasteiger partial charge < -0.3 is 10.1 Å². The number of esters is 1. The predicted molar refractivity (Wildman–Crippen MR) is 127 cm³/mol. The zero-order valence-electron chi connectivity index (χ0n) is 19.3. The summed E-state index contributed by atoms with van der Waals surface area (Å²) in [6, 6.07) is 15.0. The van der Waals surface area contributed by atoms with Gasteiger partial charge in [0.15, 0.2) is 6.61 Å². The van der Waals surface area contributed by atoms with Crippen molar-refractivity contribution in [1.29, 1.82) is 0 Å². The van der Waals surface area contributed by atoms with Gasteiger partial charge >= 0.3 is 5.97 Å². The van der Waals surface area contributed by atoms with Gasteiger partial charge in [-0.2, -0.15) is 0 Å². The molecule has 0 bridgehead atoms. The predicted octanol–water partition coefficient (Wildman–Crippen LogP) is 4.14. The van der Waals surface area contributed by atoms with E-state index in [0.29, 0.717) is 22.4 Å². The van der Waals surface area contributed by atoms with Crippen LogP contribution in [0.1, 0.15) is 57.5 Å². The maximum absolute atomic E-state index is 12.9. The second-order valence-corrected chi connectivity index (χ2v) is 9.49. The Hall–Kier alpha value is -3.48. The number of aryl methyl sites for hydroxylation is 1. The molecule has 4 rings (SSSR count). The lowest BCUT2D eigenvalue weighted by Crippen LogP contribution is -2.25. The van der Waals surface area contributed by atoms with Crippen LogP contribution in [-0.2, 0) is 26.2 Å². The van der Waals surface area contributed by atoms with Crippen LogP contribution in [0.4, 0.5) is 5.69 Å². The summed E-state index contributed by atoms with van der Waals surface area (Å²) in [5.74, 6) is -0.315. The number of fused-ring (bicyclic) bond motifs is 1. The van der Waals surface area contributed by atoms with E-state index in [1.54, 1.807) is 16.7 Å². The minimum absolute atomic E-state index is 0.0302. The van der Waals surface area contributed by atoms with Crippen LogP contribution in [-0.4, -0.2) is 28.0 Å². The molecule has 1 aromatic heterocycles. The molecule has 1 heterocycles.